The predicted molar refractivity (Wildman–Crippen MR) is 73.5 cm³/mol. The standard InChI is InChI=1S/C15H18N2O3/c18-14(19)12-3-1-10(2-4-12)9-16-15(20)17-8-7-13(17)11-5-6-11/h1-4,11,13H,5-9H2,(H,16,20)(H,18,19). The molecule has 2 aliphatic rings. The fourth-order valence-electron chi connectivity index (χ4n) is 2.67. The number of rotatable bonds is 4. The number of urea groups is 1. The van der Waals surface area contributed by atoms with Crippen molar-refractivity contribution in [3.8, 4) is 0 Å². The summed E-state index contributed by atoms with van der Waals surface area (Å²) in [5, 5.41) is 11.7. The van der Waals surface area contributed by atoms with Crippen molar-refractivity contribution in [3.05, 3.63) is 35.4 Å². The Morgan fingerprint density at radius 2 is 1.90 bits per heavy atom. The van der Waals surface area contributed by atoms with Gasteiger partial charge in [0.2, 0.25) is 0 Å². The first-order valence-corrected chi connectivity index (χ1v) is 7.02. The van der Waals surface area contributed by atoms with Crippen LogP contribution in [-0.4, -0.2) is 34.6 Å². The lowest BCUT2D eigenvalue weighted by Gasteiger charge is -2.41. The molecule has 1 aliphatic carbocycles. The highest BCUT2D eigenvalue weighted by molar-refractivity contribution is 5.87. The first kappa shape index (κ1) is 13.0. The van der Waals surface area contributed by atoms with Gasteiger partial charge < -0.3 is 15.3 Å². The quantitative estimate of drug-likeness (QED) is 0.883. The SMILES string of the molecule is O=C(O)c1ccc(CNC(=O)N2CCC2C2CC2)cc1. The second kappa shape index (κ2) is 5.15. The van der Waals surface area contributed by atoms with Crippen molar-refractivity contribution in [2.45, 2.75) is 31.8 Å². The van der Waals surface area contributed by atoms with E-state index in [2.05, 4.69) is 5.32 Å². The molecule has 1 aromatic carbocycles. The molecule has 2 N–H and O–H groups in total. The molecule has 3 rings (SSSR count). The molecule has 1 aliphatic heterocycles. The Morgan fingerprint density at radius 1 is 1.20 bits per heavy atom. The molecule has 1 aromatic rings. The van der Waals surface area contributed by atoms with E-state index in [9.17, 15) is 9.59 Å². The Morgan fingerprint density at radius 3 is 2.40 bits per heavy atom. The van der Waals surface area contributed by atoms with Crippen LogP contribution in [0.5, 0.6) is 0 Å². The zero-order valence-corrected chi connectivity index (χ0v) is 11.2. The van der Waals surface area contributed by atoms with E-state index in [4.69, 9.17) is 5.11 Å². The largest absolute Gasteiger partial charge is 0.478 e. The van der Waals surface area contributed by atoms with Crippen LogP contribution in [0.2, 0.25) is 0 Å². The maximum atomic E-state index is 12.0. The van der Waals surface area contributed by atoms with Gasteiger partial charge in [-0.3, -0.25) is 0 Å². The zero-order valence-electron chi connectivity index (χ0n) is 11.2. The van der Waals surface area contributed by atoms with Gasteiger partial charge >= 0.3 is 12.0 Å². The number of hydrogen-bond acceptors (Lipinski definition) is 2. The zero-order chi connectivity index (χ0) is 14.1. The molecule has 0 radical (unpaired) electrons. The summed E-state index contributed by atoms with van der Waals surface area (Å²) in [6.45, 7) is 1.29. The molecule has 5 heteroatoms. The molecule has 1 atom stereocenters. The van der Waals surface area contributed by atoms with Crippen molar-refractivity contribution >= 4 is 12.0 Å². The molecule has 5 nitrogen and oxygen atoms in total. The highest BCUT2D eigenvalue weighted by Crippen LogP contribution is 2.40. The van der Waals surface area contributed by atoms with E-state index in [1.807, 2.05) is 4.90 Å². The molecule has 1 saturated carbocycles. The van der Waals surface area contributed by atoms with Gasteiger partial charge in [-0.25, -0.2) is 9.59 Å². The van der Waals surface area contributed by atoms with Gasteiger partial charge in [0.15, 0.2) is 0 Å². The summed E-state index contributed by atoms with van der Waals surface area (Å²) in [5.41, 5.74) is 1.17. The van der Waals surface area contributed by atoms with E-state index in [1.54, 1.807) is 24.3 Å². The molecule has 2 amide bonds. The molecule has 1 unspecified atom stereocenters. The van der Waals surface area contributed by atoms with E-state index >= 15 is 0 Å². The monoisotopic (exact) mass is 274 g/mol. The maximum absolute atomic E-state index is 12.0. The van der Waals surface area contributed by atoms with Gasteiger partial charge in [-0.05, 0) is 42.9 Å². The third-order valence-electron chi connectivity index (χ3n) is 4.14. The summed E-state index contributed by atoms with van der Waals surface area (Å²) in [5.74, 6) is -0.210. The van der Waals surface area contributed by atoms with E-state index < -0.39 is 5.97 Å². The van der Waals surface area contributed by atoms with Crippen LogP contribution in [-0.2, 0) is 6.54 Å². The Hall–Kier alpha value is -2.04. The van der Waals surface area contributed by atoms with Crippen molar-refractivity contribution in [2.75, 3.05) is 6.54 Å². The summed E-state index contributed by atoms with van der Waals surface area (Å²) in [6.07, 6.45) is 3.64. The first-order valence-electron chi connectivity index (χ1n) is 7.02. The van der Waals surface area contributed by atoms with Gasteiger partial charge in [0.1, 0.15) is 0 Å². The van der Waals surface area contributed by atoms with Gasteiger partial charge in [0.25, 0.3) is 0 Å². The molecule has 0 aromatic heterocycles. The van der Waals surface area contributed by atoms with Crippen molar-refractivity contribution in [2.24, 2.45) is 5.92 Å². The van der Waals surface area contributed by atoms with Crippen LogP contribution in [0, 0.1) is 5.92 Å². The summed E-state index contributed by atoms with van der Waals surface area (Å²) in [4.78, 5) is 24.7. The molecular weight excluding hydrogens is 256 g/mol. The van der Waals surface area contributed by atoms with Gasteiger partial charge in [0, 0.05) is 19.1 Å². The average molecular weight is 274 g/mol. The molecule has 0 bridgehead atoms. The molecule has 20 heavy (non-hydrogen) atoms. The molecule has 1 saturated heterocycles. The van der Waals surface area contributed by atoms with Crippen molar-refractivity contribution < 1.29 is 14.7 Å². The Balaban J connectivity index is 1.51. The highest BCUT2D eigenvalue weighted by Gasteiger charge is 2.42. The number of carboxylic acids is 1. The lowest BCUT2D eigenvalue weighted by Crippen LogP contribution is -2.55. The van der Waals surface area contributed by atoms with E-state index in [0.29, 0.717) is 12.6 Å². The number of amides is 2. The number of aromatic carboxylic acids is 1. The minimum absolute atomic E-state index is 0.00420. The molecule has 106 valence electrons. The maximum Gasteiger partial charge on any atom is 0.335 e. The Labute approximate surface area is 117 Å². The van der Waals surface area contributed by atoms with Gasteiger partial charge in [-0.15, -0.1) is 0 Å². The van der Waals surface area contributed by atoms with E-state index in [0.717, 1.165) is 24.4 Å². The summed E-state index contributed by atoms with van der Waals surface area (Å²) in [6, 6.07) is 7.02. The highest BCUT2D eigenvalue weighted by atomic mass is 16.4. The van der Waals surface area contributed by atoms with Crippen LogP contribution < -0.4 is 5.32 Å². The van der Waals surface area contributed by atoms with Crippen LogP contribution in [0.25, 0.3) is 0 Å². The van der Waals surface area contributed by atoms with Gasteiger partial charge in [0.05, 0.1) is 5.56 Å². The van der Waals surface area contributed by atoms with E-state index in [1.165, 1.54) is 12.8 Å². The summed E-state index contributed by atoms with van der Waals surface area (Å²) < 4.78 is 0. The number of carbonyl (C=O) groups is 2. The first-order chi connectivity index (χ1) is 9.65. The summed E-state index contributed by atoms with van der Waals surface area (Å²) >= 11 is 0. The molecule has 1 heterocycles. The van der Waals surface area contributed by atoms with Crippen LogP contribution in [0.1, 0.15) is 35.2 Å². The fraction of sp³-hybridized carbons (Fsp3) is 0.467. The van der Waals surface area contributed by atoms with Crippen LogP contribution >= 0.6 is 0 Å². The number of benzene rings is 1. The Bertz CT molecular complexity index is 522. The van der Waals surface area contributed by atoms with Crippen molar-refractivity contribution in [1.82, 2.24) is 10.2 Å². The van der Waals surface area contributed by atoms with E-state index in [-0.39, 0.29) is 11.6 Å². The minimum Gasteiger partial charge on any atom is -0.478 e. The second-order valence-corrected chi connectivity index (χ2v) is 5.55. The Kier molecular flexibility index (Phi) is 3.34. The molecular formula is C15H18N2O3. The number of hydrogen-bond donors (Lipinski definition) is 2. The molecule has 0 spiro atoms. The number of carbonyl (C=O) groups excluding carboxylic acids is 1. The summed E-state index contributed by atoms with van der Waals surface area (Å²) in [7, 11) is 0. The normalized spacial score (nSPS) is 21.2. The van der Waals surface area contributed by atoms with Crippen LogP contribution in [0.15, 0.2) is 24.3 Å². The smallest absolute Gasteiger partial charge is 0.335 e. The topological polar surface area (TPSA) is 69.6 Å². The van der Waals surface area contributed by atoms with Gasteiger partial charge in [-0.1, -0.05) is 12.1 Å². The molecule has 2 fully saturated rings. The lowest BCUT2D eigenvalue weighted by molar-refractivity contribution is 0.0696. The third kappa shape index (κ3) is 2.61. The average Bonchev–Trinajstić information content (AvgIpc) is 3.20. The number of nitrogens with zero attached hydrogens (tertiary/aromatic N) is 1. The van der Waals surface area contributed by atoms with Crippen LogP contribution in [0.3, 0.4) is 0 Å². The predicted octanol–water partition coefficient (Wildman–Crippen LogP) is 2.08. The van der Waals surface area contributed by atoms with Crippen molar-refractivity contribution in [3.63, 3.8) is 0 Å². The van der Waals surface area contributed by atoms with Gasteiger partial charge in [-0.2, -0.15) is 0 Å². The minimum atomic E-state index is -0.937. The lowest BCUT2D eigenvalue weighted by atomic mass is 9.99. The number of nitrogens with one attached hydrogen (secondary N) is 1. The number of carboxylic acid groups (broad SMARTS) is 1. The van der Waals surface area contributed by atoms with Crippen molar-refractivity contribution in [1.29, 1.82) is 0 Å². The van der Waals surface area contributed by atoms with Crippen LogP contribution in [0.4, 0.5) is 4.79 Å². The fourth-order valence-corrected chi connectivity index (χ4v) is 2.67. The third-order valence-corrected chi connectivity index (χ3v) is 4.14. The second-order valence-electron chi connectivity index (χ2n) is 5.55. The number of likely N-dealkylation sites (tertiary alicyclic amines) is 1.